The minimum absolute atomic E-state index is 0.112. The van der Waals surface area contributed by atoms with Crippen molar-refractivity contribution in [2.45, 2.75) is 38.5 Å². The van der Waals surface area contributed by atoms with E-state index in [1.54, 1.807) is 24.8 Å². The summed E-state index contributed by atoms with van der Waals surface area (Å²) in [6.07, 6.45) is -0.541. The molecular weight excluding hydrogens is 401 g/mol. The number of halogens is 2. The van der Waals surface area contributed by atoms with E-state index in [2.05, 4.69) is 19.2 Å². The highest BCUT2D eigenvalue weighted by Crippen LogP contribution is 2.27. The monoisotopic (exact) mass is 425 g/mol. The number of thioether (sulfide) groups is 1. The average Bonchev–Trinajstić information content (AvgIpc) is 2.63. The van der Waals surface area contributed by atoms with Gasteiger partial charge in [-0.2, -0.15) is 11.8 Å². The van der Waals surface area contributed by atoms with Crippen LogP contribution in [0.1, 0.15) is 37.8 Å². The van der Waals surface area contributed by atoms with Crippen LogP contribution in [0.4, 0.5) is 0 Å². The van der Waals surface area contributed by atoms with Crippen LogP contribution in [0.3, 0.4) is 0 Å². The zero-order valence-corrected chi connectivity index (χ0v) is 18.1. The van der Waals surface area contributed by atoms with Crippen molar-refractivity contribution in [1.82, 2.24) is 5.32 Å². The molecule has 146 valence electrons. The van der Waals surface area contributed by atoms with Gasteiger partial charge >= 0.3 is 0 Å². The fraction of sp³-hybridized carbons (Fsp3) is 0.381. The second kappa shape index (κ2) is 10.8. The molecule has 0 fully saturated rings. The molecule has 0 aromatic heterocycles. The number of ether oxygens (including phenoxy) is 1. The quantitative estimate of drug-likeness (QED) is 0.505. The van der Waals surface area contributed by atoms with Gasteiger partial charge in [0, 0.05) is 28.1 Å². The van der Waals surface area contributed by atoms with E-state index < -0.39 is 6.10 Å². The zero-order valence-electron chi connectivity index (χ0n) is 15.8. The number of benzene rings is 2. The van der Waals surface area contributed by atoms with Crippen molar-refractivity contribution in [3.8, 4) is 5.75 Å². The molecule has 3 nitrogen and oxygen atoms in total. The van der Waals surface area contributed by atoms with Gasteiger partial charge in [0.15, 0.2) is 6.10 Å². The lowest BCUT2D eigenvalue weighted by molar-refractivity contribution is -0.127. The van der Waals surface area contributed by atoms with Crippen molar-refractivity contribution < 1.29 is 9.53 Å². The van der Waals surface area contributed by atoms with Gasteiger partial charge in [-0.25, -0.2) is 0 Å². The summed E-state index contributed by atoms with van der Waals surface area (Å²) < 4.78 is 5.87. The van der Waals surface area contributed by atoms with Crippen molar-refractivity contribution in [3.63, 3.8) is 0 Å². The summed E-state index contributed by atoms with van der Waals surface area (Å²) in [5.74, 6) is 2.56. The Morgan fingerprint density at radius 1 is 1.15 bits per heavy atom. The summed E-state index contributed by atoms with van der Waals surface area (Å²) in [6.45, 7) is 6.56. The smallest absolute Gasteiger partial charge is 0.260 e. The second-order valence-electron chi connectivity index (χ2n) is 6.53. The lowest BCUT2D eigenvalue weighted by Gasteiger charge is -2.18. The van der Waals surface area contributed by atoms with Crippen LogP contribution in [-0.2, 0) is 10.5 Å². The summed E-state index contributed by atoms with van der Waals surface area (Å²) in [7, 11) is 0. The van der Waals surface area contributed by atoms with E-state index in [9.17, 15) is 4.79 Å². The average molecular weight is 426 g/mol. The number of carbonyl (C=O) groups is 1. The molecule has 0 aliphatic carbocycles. The van der Waals surface area contributed by atoms with Gasteiger partial charge in [-0.1, -0.05) is 61.3 Å². The highest BCUT2D eigenvalue weighted by atomic mass is 35.5. The van der Waals surface area contributed by atoms with E-state index in [4.69, 9.17) is 27.9 Å². The maximum absolute atomic E-state index is 12.3. The van der Waals surface area contributed by atoms with Gasteiger partial charge in [-0.15, -0.1) is 0 Å². The third-order valence-corrected chi connectivity index (χ3v) is 5.63. The highest BCUT2D eigenvalue weighted by molar-refractivity contribution is 7.98. The molecule has 1 amide bonds. The number of hydrogen-bond acceptors (Lipinski definition) is 3. The number of rotatable bonds is 9. The molecule has 2 aromatic rings. The molecule has 0 aliphatic heterocycles. The molecule has 0 aliphatic rings. The Bertz CT molecular complexity index is 768. The fourth-order valence-corrected chi connectivity index (χ4v) is 3.94. The first-order valence-electron chi connectivity index (χ1n) is 8.93. The predicted octanol–water partition coefficient (Wildman–Crippen LogP) is 5.93. The highest BCUT2D eigenvalue weighted by Gasteiger charge is 2.16. The molecule has 0 saturated carbocycles. The lowest BCUT2D eigenvalue weighted by Crippen LogP contribution is -2.37. The predicted molar refractivity (Wildman–Crippen MR) is 116 cm³/mol. The lowest BCUT2D eigenvalue weighted by atomic mass is 10.0. The Balaban J connectivity index is 1.74. The number of carbonyl (C=O) groups excluding carboxylic acids is 1. The number of hydrogen-bond donors (Lipinski definition) is 1. The van der Waals surface area contributed by atoms with Crippen LogP contribution in [0.2, 0.25) is 10.0 Å². The van der Waals surface area contributed by atoms with Crippen molar-refractivity contribution >= 4 is 40.9 Å². The molecule has 2 aromatic carbocycles. The van der Waals surface area contributed by atoms with Crippen LogP contribution in [0, 0.1) is 0 Å². The normalized spacial score (nSPS) is 12.1. The number of para-hydroxylation sites is 1. The first-order chi connectivity index (χ1) is 12.9. The summed E-state index contributed by atoms with van der Waals surface area (Å²) in [5, 5.41) is 4.23. The maximum Gasteiger partial charge on any atom is 0.260 e. The van der Waals surface area contributed by atoms with Gasteiger partial charge in [0.05, 0.1) is 0 Å². The van der Waals surface area contributed by atoms with Gasteiger partial charge < -0.3 is 10.1 Å². The Hall–Kier alpha value is -1.36. The molecule has 1 atom stereocenters. The third-order valence-electron chi connectivity index (χ3n) is 4.03. The molecule has 27 heavy (non-hydrogen) atoms. The minimum Gasteiger partial charge on any atom is -0.481 e. The molecule has 0 unspecified atom stereocenters. The van der Waals surface area contributed by atoms with Gasteiger partial charge in [0.1, 0.15) is 5.75 Å². The van der Waals surface area contributed by atoms with Crippen molar-refractivity contribution in [1.29, 1.82) is 0 Å². The topological polar surface area (TPSA) is 38.3 Å². The van der Waals surface area contributed by atoms with Crippen LogP contribution in [0.15, 0.2) is 42.5 Å². The maximum atomic E-state index is 12.3. The molecule has 0 radical (unpaired) electrons. The van der Waals surface area contributed by atoms with Crippen LogP contribution >= 0.6 is 35.0 Å². The zero-order chi connectivity index (χ0) is 19.8. The molecule has 6 heteroatoms. The minimum atomic E-state index is -0.541. The van der Waals surface area contributed by atoms with Crippen molar-refractivity contribution in [3.05, 3.63) is 63.6 Å². The van der Waals surface area contributed by atoms with Crippen LogP contribution in [0.5, 0.6) is 5.75 Å². The fourth-order valence-electron chi connectivity index (χ4n) is 2.52. The van der Waals surface area contributed by atoms with E-state index in [-0.39, 0.29) is 5.91 Å². The van der Waals surface area contributed by atoms with Crippen LogP contribution < -0.4 is 10.1 Å². The van der Waals surface area contributed by atoms with Crippen molar-refractivity contribution in [2.75, 3.05) is 12.3 Å². The number of amides is 1. The standard InChI is InChI=1S/C21H25Cl2NO2S/c1-14(2)18-6-4-5-7-20(18)26-15(3)21(25)24-10-11-27-13-16-8-9-17(22)12-19(16)23/h4-9,12,14-15H,10-11,13H2,1-3H3,(H,24,25)/t15-/m0/s1. The molecule has 0 bridgehead atoms. The second-order valence-corrected chi connectivity index (χ2v) is 8.48. The van der Waals surface area contributed by atoms with Crippen LogP contribution in [0.25, 0.3) is 0 Å². The SMILES string of the molecule is CC(C)c1ccccc1O[C@@H](C)C(=O)NCCSCc1ccc(Cl)cc1Cl. The summed E-state index contributed by atoms with van der Waals surface area (Å²) in [5.41, 5.74) is 2.15. The van der Waals surface area contributed by atoms with Crippen molar-refractivity contribution in [2.24, 2.45) is 0 Å². The van der Waals surface area contributed by atoms with Gasteiger partial charge in [0.2, 0.25) is 0 Å². The Labute approximate surface area is 175 Å². The third kappa shape index (κ3) is 6.95. The molecule has 2 rings (SSSR count). The number of nitrogens with one attached hydrogen (secondary N) is 1. The summed E-state index contributed by atoms with van der Waals surface area (Å²) in [4.78, 5) is 12.3. The van der Waals surface area contributed by atoms with Gasteiger partial charge in [0.25, 0.3) is 5.91 Å². The van der Waals surface area contributed by atoms with E-state index in [0.717, 1.165) is 28.4 Å². The molecule has 1 N–H and O–H groups in total. The van der Waals surface area contributed by atoms with E-state index >= 15 is 0 Å². The van der Waals surface area contributed by atoms with E-state index in [0.29, 0.717) is 22.5 Å². The largest absolute Gasteiger partial charge is 0.481 e. The summed E-state index contributed by atoms with van der Waals surface area (Å²) >= 11 is 13.8. The van der Waals surface area contributed by atoms with Crippen LogP contribution in [-0.4, -0.2) is 24.3 Å². The Morgan fingerprint density at radius 2 is 1.89 bits per heavy atom. The van der Waals surface area contributed by atoms with E-state index in [1.807, 2.05) is 36.4 Å². The van der Waals surface area contributed by atoms with Gasteiger partial charge in [-0.05, 0) is 42.2 Å². The Morgan fingerprint density at radius 3 is 2.59 bits per heavy atom. The first kappa shape index (κ1) is 21.9. The van der Waals surface area contributed by atoms with E-state index in [1.165, 1.54) is 0 Å². The first-order valence-corrected chi connectivity index (χ1v) is 10.8. The molecule has 0 heterocycles. The molecule has 0 spiro atoms. The van der Waals surface area contributed by atoms with Gasteiger partial charge in [-0.3, -0.25) is 4.79 Å². The summed E-state index contributed by atoms with van der Waals surface area (Å²) in [6, 6.07) is 13.3. The molecule has 0 saturated heterocycles. The Kier molecular flexibility index (Phi) is 8.81. The molecular formula is C21H25Cl2NO2S.